The van der Waals surface area contributed by atoms with Crippen LogP contribution in [-0.2, 0) is 7.05 Å². The molecule has 0 aromatic carbocycles. The molecule has 1 aromatic rings. The molecule has 0 amide bonds. The van der Waals surface area contributed by atoms with Crippen molar-refractivity contribution in [3.63, 3.8) is 0 Å². The van der Waals surface area contributed by atoms with Crippen LogP contribution in [0.15, 0.2) is 12.4 Å². The third-order valence-corrected chi connectivity index (χ3v) is 3.20. The highest BCUT2D eigenvalue weighted by atomic mass is 15.3. The first-order chi connectivity index (χ1) is 7.79. The molecule has 4 nitrogen and oxygen atoms in total. The van der Waals surface area contributed by atoms with Crippen molar-refractivity contribution >= 4 is 5.69 Å². The van der Waals surface area contributed by atoms with Gasteiger partial charge < -0.3 is 10.2 Å². The second-order valence-electron chi connectivity index (χ2n) is 4.68. The van der Waals surface area contributed by atoms with E-state index in [0.29, 0.717) is 0 Å². The maximum absolute atomic E-state index is 4.22. The smallest absolute Gasteiger partial charge is 0.0752 e. The van der Waals surface area contributed by atoms with Crippen LogP contribution < -0.4 is 10.2 Å². The van der Waals surface area contributed by atoms with Crippen LogP contribution in [0.1, 0.15) is 19.8 Å². The summed E-state index contributed by atoms with van der Waals surface area (Å²) in [6, 6.07) is 0. The van der Waals surface area contributed by atoms with Gasteiger partial charge in [0, 0.05) is 26.3 Å². The Bertz CT molecular complexity index is 321. The summed E-state index contributed by atoms with van der Waals surface area (Å²) >= 11 is 0. The fourth-order valence-corrected chi connectivity index (χ4v) is 2.29. The van der Waals surface area contributed by atoms with Crippen molar-refractivity contribution in [1.29, 1.82) is 0 Å². The van der Waals surface area contributed by atoms with Gasteiger partial charge in [-0.1, -0.05) is 6.92 Å². The summed E-state index contributed by atoms with van der Waals surface area (Å²) in [5.74, 6) is 0.798. The molecule has 1 aliphatic rings. The molecule has 0 saturated carbocycles. The van der Waals surface area contributed by atoms with Gasteiger partial charge >= 0.3 is 0 Å². The maximum Gasteiger partial charge on any atom is 0.0752 e. The maximum atomic E-state index is 4.22. The fraction of sp³-hybridized carbons (Fsp3) is 0.750. The summed E-state index contributed by atoms with van der Waals surface area (Å²) < 4.78 is 1.87. The summed E-state index contributed by atoms with van der Waals surface area (Å²) in [4.78, 5) is 2.44. The van der Waals surface area contributed by atoms with Crippen LogP contribution in [-0.4, -0.2) is 36.0 Å². The topological polar surface area (TPSA) is 33.1 Å². The molecular formula is C12H22N4. The van der Waals surface area contributed by atoms with Crippen molar-refractivity contribution in [3.8, 4) is 0 Å². The molecule has 2 heterocycles. The molecule has 1 unspecified atom stereocenters. The Hall–Kier alpha value is -1.03. The van der Waals surface area contributed by atoms with Crippen molar-refractivity contribution in [2.24, 2.45) is 13.0 Å². The van der Waals surface area contributed by atoms with E-state index in [9.17, 15) is 0 Å². The Balaban J connectivity index is 1.79. The van der Waals surface area contributed by atoms with Crippen LogP contribution in [0.3, 0.4) is 0 Å². The Kier molecular flexibility index (Phi) is 3.83. The minimum Gasteiger partial charge on any atom is -0.369 e. The van der Waals surface area contributed by atoms with Gasteiger partial charge in [-0.25, -0.2) is 0 Å². The second-order valence-corrected chi connectivity index (χ2v) is 4.68. The van der Waals surface area contributed by atoms with E-state index in [1.165, 1.54) is 31.6 Å². The molecule has 0 radical (unpaired) electrons. The Morgan fingerprint density at radius 3 is 3.12 bits per heavy atom. The zero-order chi connectivity index (χ0) is 11.4. The third kappa shape index (κ3) is 2.76. The van der Waals surface area contributed by atoms with Crippen LogP contribution in [0.2, 0.25) is 0 Å². The molecule has 1 saturated heterocycles. The van der Waals surface area contributed by atoms with E-state index >= 15 is 0 Å². The predicted octanol–water partition coefficient (Wildman–Crippen LogP) is 1.25. The quantitative estimate of drug-likeness (QED) is 0.761. The van der Waals surface area contributed by atoms with Crippen molar-refractivity contribution in [2.45, 2.75) is 19.8 Å². The highest BCUT2D eigenvalue weighted by Gasteiger charge is 2.22. The lowest BCUT2D eigenvalue weighted by molar-refractivity contribution is 0.516. The lowest BCUT2D eigenvalue weighted by Gasteiger charge is -2.16. The zero-order valence-electron chi connectivity index (χ0n) is 10.3. The lowest BCUT2D eigenvalue weighted by Crippen LogP contribution is -2.26. The molecule has 1 aromatic heterocycles. The number of anilines is 1. The van der Waals surface area contributed by atoms with Gasteiger partial charge in [0.25, 0.3) is 0 Å². The van der Waals surface area contributed by atoms with E-state index in [1.807, 2.05) is 17.9 Å². The second kappa shape index (κ2) is 5.34. The predicted molar refractivity (Wildman–Crippen MR) is 66.7 cm³/mol. The first-order valence-corrected chi connectivity index (χ1v) is 6.24. The van der Waals surface area contributed by atoms with Crippen LogP contribution >= 0.6 is 0 Å². The first kappa shape index (κ1) is 11.5. The highest BCUT2D eigenvalue weighted by molar-refractivity contribution is 5.43. The molecule has 0 bridgehead atoms. The van der Waals surface area contributed by atoms with Gasteiger partial charge in [-0.3, -0.25) is 4.68 Å². The Morgan fingerprint density at radius 1 is 1.56 bits per heavy atom. The van der Waals surface area contributed by atoms with E-state index in [4.69, 9.17) is 0 Å². The van der Waals surface area contributed by atoms with E-state index < -0.39 is 0 Å². The first-order valence-electron chi connectivity index (χ1n) is 6.24. The van der Waals surface area contributed by atoms with Crippen LogP contribution in [0.4, 0.5) is 5.69 Å². The number of nitrogens with one attached hydrogen (secondary N) is 1. The summed E-state index contributed by atoms with van der Waals surface area (Å²) in [7, 11) is 1.97. The number of nitrogens with zero attached hydrogens (tertiary/aromatic N) is 3. The number of aromatic nitrogens is 2. The van der Waals surface area contributed by atoms with Crippen molar-refractivity contribution < 1.29 is 0 Å². The average molecular weight is 222 g/mol. The van der Waals surface area contributed by atoms with Gasteiger partial charge in [0.2, 0.25) is 0 Å². The number of rotatable bonds is 5. The van der Waals surface area contributed by atoms with Gasteiger partial charge in [0.15, 0.2) is 0 Å². The minimum absolute atomic E-state index is 0.798. The molecular weight excluding hydrogens is 200 g/mol. The summed E-state index contributed by atoms with van der Waals surface area (Å²) in [6.07, 6.45) is 6.58. The van der Waals surface area contributed by atoms with Crippen LogP contribution in [0.5, 0.6) is 0 Å². The van der Waals surface area contributed by atoms with Crippen molar-refractivity contribution in [2.75, 3.05) is 31.1 Å². The standard InChI is InChI=1S/C12H22N4/c1-3-5-13-7-11-4-6-16(9-11)12-8-14-15(2)10-12/h8,10-11,13H,3-7,9H2,1-2H3. The van der Waals surface area contributed by atoms with Crippen LogP contribution in [0.25, 0.3) is 0 Å². The number of aryl methyl sites for hydroxylation is 1. The normalized spacial score (nSPS) is 20.6. The third-order valence-electron chi connectivity index (χ3n) is 3.20. The van der Waals surface area contributed by atoms with Gasteiger partial charge in [0.05, 0.1) is 11.9 Å². The Morgan fingerprint density at radius 2 is 2.44 bits per heavy atom. The number of hydrogen-bond donors (Lipinski definition) is 1. The molecule has 16 heavy (non-hydrogen) atoms. The number of hydrogen-bond acceptors (Lipinski definition) is 3. The average Bonchev–Trinajstić information content (AvgIpc) is 2.87. The minimum atomic E-state index is 0.798. The van der Waals surface area contributed by atoms with Gasteiger partial charge in [-0.15, -0.1) is 0 Å². The van der Waals surface area contributed by atoms with Gasteiger partial charge in [-0.2, -0.15) is 5.10 Å². The van der Waals surface area contributed by atoms with E-state index in [1.54, 1.807) is 0 Å². The largest absolute Gasteiger partial charge is 0.369 e. The highest BCUT2D eigenvalue weighted by Crippen LogP contribution is 2.22. The molecule has 1 aliphatic heterocycles. The molecule has 0 aliphatic carbocycles. The van der Waals surface area contributed by atoms with Crippen molar-refractivity contribution in [3.05, 3.63) is 12.4 Å². The molecule has 2 rings (SSSR count). The van der Waals surface area contributed by atoms with Gasteiger partial charge in [-0.05, 0) is 31.8 Å². The lowest BCUT2D eigenvalue weighted by atomic mass is 10.1. The summed E-state index contributed by atoms with van der Waals surface area (Å²) in [5, 5.41) is 7.73. The molecule has 90 valence electrons. The molecule has 1 atom stereocenters. The molecule has 1 N–H and O–H groups in total. The Labute approximate surface area is 97.6 Å². The molecule has 1 fully saturated rings. The van der Waals surface area contributed by atoms with Crippen LogP contribution in [0, 0.1) is 5.92 Å². The summed E-state index contributed by atoms with van der Waals surface area (Å²) in [5.41, 5.74) is 1.26. The summed E-state index contributed by atoms with van der Waals surface area (Å²) in [6.45, 7) is 6.85. The molecule has 0 spiro atoms. The monoisotopic (exact) mass is 222 g/mol. The zero-order valence-corrected chi connectivity index (χ0v) is 10.3. The van der Waals surface area contributed by atoms with E-state index in [2.05, 4.69) is 28.4 Å². The van der Waals surface area contributed by atoms with E-state index in [0.717, 1.165) is 19.0 Å². The fourth-order valence-electron chi connectivity index (χ4n) is 2.29. The van der Waals surface area contributed by atoms with Crippen molar-refractivity contribution in [1.82, 2.24) is 15.1 Å². The van der Waals surface area contributed by atoms with E-state index in [-0.39, 0.29) is 0 Å². The van der Waals surface area contributed by atoms with Gasteiger partial charge in [0.1, 0.15) is 0 Å². The molecule has 4 heteroatoms. The SMILES string of the molecule is CCCNCC1CCN(c2cnn(C)c2)C1.